The molecule has 5 nitrogen and oxygen atoms in total. The summed E-state index contributed by atoms with van der Waals surface area (Å²) >= 11 is 0. The van der Waals surface area contributed by atoms with Gasteiger partial charge in [0.25, 0.3) is 0 Å². The van der Waals surface area contributed by atoms with E-state index in [9.17, 15) is 4.39 Å². The lowest BCUT2D eigenvalue weighted by atomic mass is 10.1. The SMILES string of the molecule is CCNC(=NCC(OC)c1ccc(F)cc1)N1CCC(CN(CC)CC)C1. The number of nitrogens with zero attached hydrogens (tertiary/aromatic N) is 3. The molecule has 1 fully saturated rings. The zero-order valence-corrected chi connectivity index (χ0v) is 17.2. The van der Waals surface area contributed by atoms with E-state index in [0.29, 0.717) is 12.5 Å². The smallest absolute Gasteiger partial charge is 0.194 e. The van der Waals surface area contributed by atoms with Crippen molar-refractivity contribution in [3.63, 3.8) is 0 Å². The van der Waals surface area contributed by atoms with Crippen LogP contribution in [-0.4, -0.2) is 68.7 Å². The van der Waals surface area contributed by atoms with E-state index in [2.05, 4.69) is 35.9 Å². The van der Waals surface area contributed by atoms with Crippen molar-refractivity contribution in [1.82, 2.24) is 15.1 Å². The van der Waals surface area contributed by atoms with Gasteiger partial charge in [-0.25, -0.2) is 4.39 Å². The Morgan fingerprint density at radius 2 is 2.00 bits per heavy atom. The second-order valence-electron chi connectivity index (χ2n) is 7.06. The average molecular weight is 379 g/mol. The molecule has 6 heteroatoms. The first-order valence-electron chi connectivity index (χ1n) is 10.1. The second-order valence-corrected chi connectivity index (χ2v) is 7.06. The molecule has 1 saturated heterocycles. The number of rotatable bonds is 9. The zero-order chi connectivity index (χ0) is 19.6. The quantitative estimate of drug-likeness (QED) is 0.529. The van der Waals surface area contributed by atoms with Crippen LogP contribution in [0, 0.1) is 11.7 Å². The van der Waals surface area contributed by atoms with Gasteiger partial charge in [0.1, 0.15) is 11.9 Å². The Labute approximate surface area is 163 Å². The van der Waals surface area contributed by atoms with Gasteiger partial charge in [-0.15, -0.1) is 0 Å². The van der Waals surface area contributed by atoms with Crippen LogP contribution in [0.5, 0.6) is 0 Å². The molecular weight excluding hydrogens is 343 g/mol. The molecule has 2 rings (SSSR count). The van der Waals surface area contributed by atoms with Crippen molar-refractivity contribution in [3.05, 3.63) is 35.6 Å². The lowest BCUT2D eigenvalue weighted by molar-refractivity contribution is 0.110. The molecule has 1 aliphatic rings. The van der Waals surface area contributed by atoms with Crippen molar-refractivity contribution in [2.45, 2.75) is 33.3 Å². The number of guanidine groups is 1. The molecule has 1 aliphatic heterocycles. The van der Waals surface area contributed by atoms with E-state index < -0.39 is 0 Å². The molecule has 0 aliphatic carbocycles. The van der Waals surface area contributed by atoms with Crippen molar-refractivity contribution in [2.75, 3.05) is 52.9 Å². The highest BCUT2D eigenvalue weighted by Crippen LogP contribution is 2.20. The molecule has 0 amide bonds. The summed E-state index contributed by atoms with van der Waals surface area (Å²) < 4.78 is 18.8. The second kappa shape index (κ2) is 11.2. The molecule has 27 heavy (non-hydrogen) atoms. The molecule has 0 bridgehead atoms. The maximum absolute atomic E-state index is 13.2. The normalized spacial score (nSPS) is 19.0. The maximum Gasteiger partial charge on any atom is 0.194 e. The van der Waals surface area contributed by atoms with Crippen LogP contribution in [0.3, 0.4) is 0 Å². The Morgan fingerprint density at radius 3 is 2.59 bits per heavy atom. The van der Waals surface area contributed by atoms with Crippen LogP contribution in [0.25, 0.3) is 0 Å². The first-order chi connectivity index (χ1) is 13.1. The summed E-state index contributed by atoms with van der Waals surface area (Å²) in [4.78, 5) is 9.67. The Morgan fingerprint density at radius 1 is 1.30 bits per heavy atom. The van der Waals surface area contributed by atoms with E-state index >= 15 is 0 Å². The predicted molar refractivity (Wildman–Crippen MR) is 110 cm³/mol. The highest BCUT2D eigenvalue weighted by atomic mass is 19.1. The molecule has 1 heterocycles. The summed E-state index contributed by atoms with van der Waals surface area (Å²) in [5, 5.41) is 3.41. The third-order valence-electron chi connectivity index (χ3n) is 5.26. The predicted octanol–water partition coefficient (Wildman–Crippen LogP) is 3.14. The molecule has 1 aromatic carbocycles. The van der Waals surface area contributed by atoms with Crippen LogP contribution in [-0.2, 0) is 4.74 Å². The van der Waals surface area contributed by atoms with Crippen molar-refractivity contribution < 1.29 is 9.13 Å². The van der Waals surface area contributed by atoms with Crippen LogP contribution in [0.2, 0.25) is 0 Å². The number of hydrogen-bond donors (Lipinski definition) is 1. The molecule has 1 N–H and O–H groups in total. The van der Waals surface area contributed by atoms with Gasteiger partial charge in [0.05, 0.1) is 6.54 Å². The first kappa shape index (κ1) is 21.6. The molecule has 152 valence electrons. The standard InChI is InChI=1S/C21H35FN4O/c1-5-23-21(26-13-12-17(16-26)15-25(6-2)7-3)24-14-20(27-4)18-8-10-19(22)11-9-18/h8-11,17,20H,5-7,12-16H2,1-4H3,(H,23,24). The van der Waals surface area contributed by atoms with E-state index in [1.54, 1.807) is 19.2 Å². The largest absolute Gasteiger partial charge is 0.375 e. The molecule has 0 radical (unpaired) electrons. The first-order valence-corrected chi connectivity index (χ1v) is 10.1. The van der Waals surface area contributed by atoms with Gasteiger partial charge in [0, 0.05) is 33.3 Å². The third kappa shape index (κ3) is 6.47. The molecule has 2 atom stereocenters. The summed E-state index contributed by atoms with van der Waals surface area (Å²) in [5.74, 6) is 1.40. The summed E-state index contributed by atoms with van der Waals surface area (Å²) in [6, 6.07) is 6.47. The van der Waals surface area contributed by atoms with Crippen LogP contribution >= 0.6 is 0 Å². The Balaban J connectivity index is 1.99. The van der Waals surface area contributed by atoms with Gasteiger partial charge in [0.15, 0.2) is 5.96 Å². The van der Waals surface area contributed by atoms with Crippen molar-refractivity contribution in [3.8, 4) is 0 Å². The highest BCUT2D eigenvalue weighted by molar-refractivity contribution is 5.80. The maximum atomic E-state index is 13.2. The zero-order valence-electron chi connectivity index (χ0n) is 17.2. The monoisotopic (exact) mass is 378 g/mol. The number of likely N-dealkylation sites (tertiary alicyclic amines) is 1. The van der Waals surface area contributed by atoms with E-state index in [-0.39, 0.29) is 11.9 Å². The van der Waals surface area contributed by atoms with Crippen LogP contribution < -0.4 is 5.32 Å². The van der Waals surface area contributed by atoms with Gasteiger partial charge in [-0.05, 0) is 50.0 Å². The fraction of sp³-hybridized carbons (Fsp3) is 0.667. The molecule has 0 aromatic heterocycles. The fourth-order valence-electron chi connectivity index (χ4n) is 3.61. The average Bonchev–Trinajstić information content (AvgIpc) is 3.15. The summed E-state index contributed by atoms with van der Waals surface area (Å²) in [6.07, 6.45) is 1.03. The molecule has 2 unspecified atom stereocenters. The van der Waals surface area contributed by atoms with Crippen molar-refractivity contribution in [1.29, 1.82) is 0 Å². The minimum Gasteiger partial charge on any atom is -0.375 e. The Bertz CT molecular complexity index is 574. The van der Waals surface area contributed by atoms with Crippen LogP contribution in [0.4, 0.5) is 4.39 Å². The van der Waals surface area contributed by atoms with E-state index in [4.69, 9.17) is 9.73 Å². The number of methoxy groups -OCH3 is 1. The van der Waals surface area contributed by atoms with Gasteiger partial charge < -0.3 is 19.9 Å². The number of hydrogen-bond acceptors (Lipinski definition) is 3. The number of ether oxygens (including phenoxy) is 1. The number of halogens is 1. The Kier molecular flexibility index (Phi) is 9.01. The minimum absolute atomic E-state index is 0.173. The lowest BCUT2D eigenvalue weighted by Gasteiger charge is -2.25. The molecule has 1 aromatic rings. The topological polar surface area (TPSA) is 40.1 Å². The van der Waals surface area contributed by atoms with Gasteiger partial charge in [-0.3, -0.25) is 4.99 Å². The summed E-state index contributed by atoms with van der Waals surface area (Å²) in [7, 11) is 1.67. The number of benzene rings is 1. The minimum atomic E-state index is -0.234. The molecular formula is C21H35FN4O. The summed E-state index contributed by atoms with van der Waals surface area (Å²) in [5.41, 5.74) is 0.944. The van der Waals surface area contributed by atoms with Gasteiger partial charge in [-0.1, -0.05) is 26.0 Å². The number of nitrogens with one attached hydrogen (secondary N) is 1. The van der Waals surface area contributed by atoms with Crippen LogP contribution in [0.15, 0.2) is 29.3 Å². The molecule has 0 saturated carbocycles. The van der Waals surface area contributed by atoms with Gasteiger partial charge in [-0.2, -0.15) is 0 Å². The van der Waals surface area contributed by atoms with Crippen molar-refractivity contribution >= 4 is 5.96 Å². The Hall–Kier alpha value is -1.66. The third-order valence-corrected chi connectivity index (χ3v) is 5.26. The van der Waals surface area contributed by atoms with Gasteiger partial charge in [0.2, 0.25) is 0 Å². The highest BCUT2D eigenvalue weighted by Gasteiger charge is 2.26. The van der Waals surface area contributed by atoms with E-state index in [1.165, 1.54) is 18.6 Å². The lowest BCUT2D eigenvalue weighted by Crippen LogP contribution is -2.41. The van der Waals surface area contributed by atoms with Crippen LogP contribution in [0.1, 0.15) is 38.9 Å². The van der Waals surface area contributed by atoms with Crippen molar-refractivity contribution in [2.24, 2.45) is 10.9 Å². The molecule has 0 spiro atoms. The fourth-order valence-corrected chi connectivity index (χ4v) is 3.61. The number of aliphatic imine (C=N–C) groups is 1. The van der Waals surface area contributed by atoms with Gasteiger partial charge >= 0.3 is 0 Å². The van der Waals surface area contributed by atoms with E-state index in [0.717, 1.165) is 50.8 Å². The summed E-state index contributed by atoms with van der Waals surface area (Å²) in [6.45, 7) is 13.3. The van der Waals surface area contributed by atoms with E-state index in [1.807, 2.05) is 0 Å².